The van der Waals surface area contributed by atoms with Crippen molar-refractivity contribution >= 4 is 12.1 Å². The van der Waals surface area contributed by atoms with Crippen LogP contribution in [0.2, 0.25) is 0 Å². The first kappa shape index (κ1) is 41.7. The zero-order chi connectivity index (χ0) is 38.1. The van der Waals surface area contributed by atoms with E-state index in [0.717, 1.165) is 19.5 Å². The van der Waals surface area contributed by atoms with Crippen molar-refractivity contribution in [1.29, 1.82) is 0 Å². The third-order valence-corrected chi connectivity index (χ3v) is 10.7. The number of ether oxygens (including phenoxy) is 3. The summed E-state index contributed by atoms with van der Waals surface area (Å²) < 4.78 is 17.7. The van der Waals surface area contributed by atoms with Crippen LogP contribution in [0.15, 0.2) is 66.3 Å². The number of carbonyl (C=O) groups excluding carboxylic acids is 2. The van der Waals surface area contributed by atoms with Crippen LogP contribution in [-0.4, -0.2) is 116 Å². The molecule has 4 N–H and O–H groups in total. The zero-order valence-corrected chi connectivity index (χ0v) is 31.9. The normalized spacial score (nSPS) is 32.2. The van der Waals surface area contributed by atoms with Gasteiger partial charge in [0.15, 0.2) is 6.10 Å². The van der Waals surface area contributed by atoms with E-state index in [2.05, 4.69) is 17.0 Å². The van der Waals surface area contributed by atoms with Gasteiger partial charge in [0, 0.05) is 51.0 Å². The summed E-state index contributed by atoms with van der Waals surface area (Å²) in [6, 6.07) is 10.2. The van der Waals surface area contributed by atoms with Crippen LogP contribution in [0.1, 0.15) is 85.6 Å². The minimum absolute atomic E-state index is 0.0157. The van der Waals surface area contributed by atoms with E-state index in [1.165, 1.54) is 5.56 Å². The minimum Gasteiger partial charge on any atom is -0.457 e. The van der Waals surface area contributed by atoms with E-state index in [1.807, 2.05) is 45.9 Å². The van der Waals surface area contributed by atoms with Gasteiger partial charge in [0.1, 0.15) is 11.7 Å². The lowest BCUT2D eigenvalue weighted by Gasteiger charge is -2.34. The summed E-state index contributed by atoms with van der Waals surface area (Å²) in [4.78, 5) is 30.5. The Labute approximate surface area is 309 Å². The molecule has 1 aromatic carbocycles. The molecule has 1 amide bonds. The predicted molar refractivity (Wildman–Crippen MR) is 199 cm³/mol. The molecule has 0 bridgehead atoms. The number of nitrogens with zero attached hydrogens (tertiary/aromatic N) is 2. The van der Waals surface area contributed by atoms with E-state index in [9.17, 15) is 30.0 Å². The van der Waals surface area contributed by atoms with Gasteiger partial charge in [0.2, 0.25) is 0 Å². The zero-order valence-electron chi connectivity index (χ0n) is 31.9. The molecule has 3 aliphatic rings. The van der Waals surface area contributed by atoms with Crippen LogP contribution in [0.3, 0.4) is 0 Å². The second-order valence-corrected chi connectivity index (χ2v) is 15.6. The van der Waals surface area contributed by atoms with Gasteiger partial charge in [0.05, 0.1) is 36.4 Å². The first-order valence-corrected chi connectivity index (χ1v) is 19.0. The monoisotopic (exact) mass is 726 g/mol. The van der Waals surface area contributed by atoms with Crippen LogP contribution in [0.5, 0.6) is 0 Å². The maximum atomic E-state index is 13.5. The van der Waals surface area contributed by atoms with Crippen molar-refractivity contribution in [3.8, 4) is 0 Å². The summed E-state index contributed by atoms with van der Waals surface area (Å²) in [7, 11) is 0. The average molecular weight is 727 g/mol. The Kier molecular flexibility index (Phi) is 15.1. The summed E-state index contributed by atoms with van der Waals surface area (Å²) in [5, 5.41) is 43.5. The van der Waals surface area contributed by atoms with E-state index in [4.69, 9.17) is 14.2 Å². The number of benzene rings is 1. The van der Waals surface area contributed by atoms with E-state index in [1.54, 1.807) is 49.1 Å². The predicted octanol–water partition coefficient (Wildman–Crippen LogP) is 4.92. The Hall–Kier alpha value is -3.06. The molecule has 0 aliphatic carbocycles. The molecule has 1 aromatic rings. The smallest absolute Gasteiger partial charge is 0.410 e. The first-order chi connectivity index (χ1) is 24.6. The molecule has 0 aromatic heterocycles. The quantitative estimate of drug-likeness (QED) is 0.107. The van der Waals surface area contributed by atoms with Gasteiger partial charge in [-0.3, -0.25) is 9.69 Å². The lowest BCUT2D eigenvalue weighted by atomic mass is 9.88. The highest BCUT2D eigenvalue weighted by atomic mass is 16.6. The van der Waals surface area contributed by atoms with E-state index in [-0.39, 0.29) is 43.3 Å². The summed E-state index contributed by atoms with van der Waals surface area (Å²) >= 11 is 0. The summed E-state index contributed by atoms with van der Waals surface area (Å²) in [6.45, 7) is 14.3. The van der Waals surface area contributed by atoms with Crippen LogP contribution in [0, 0.1) is 11.8 Å². The molecule has 2 fully saturated rings. The molecule has 2 saturated heterocycles. The molecule has 3 heterocycles. The number of esters is 1. The standard InChI is InChI=1S/C41H62N2O9/c1-7-33(45)30(4)38-34(50-38)26-40(5,48)19-11-13-28(2)37-29(3)16-17-35(41(6,49)20-18-32(44)25-36(46)52-37)51-39(47)43-22-12-21-42(23-24-43)27-31-14-9-8-10-15-31/h8-11,13-17,19,29-30,32-35,37-38,44-45,48-49H,7,12,18,20-27H2,1-6H3. The third kappa shape index (κ3) is 12.5. The number of amides is 1. The highest BCUT2D eigenvalue weighted by Crippen LogP contribution is 2.37. The highest BCUT2D eigenvalue weighted by Gasteiger charge is 2.47. The molecule has 11 nitrogen and oxygen atoms in total. The number of carbonyl (C=O) groups is 2. The first-order valence-electron chi connectivity index (χ1n) is 19.0. The molecule has 0 spiro atoms. The number of hydrogen-bond acceptors (Lipinski definition) is 10. The Bertz CT molecular complexity index is 1390. The van der Waals surface area contributed by atoms with Crippen molar-refractivity contribution in [1.82, 2.24) is 9.80 Å². The topological polar surface area (TPSA) is 153 Å². The van der Waals surface area contributed by atoms with Crippen molar-refractivity contribution in [3.63, 3.8) is 0 Å². The summed E-state index contributed by atoms with van der Waals surface area (Å²) in [5.41, 5.74) is -0.749. The van der Waals surface area contributed by atoms with Gasteiger partial charge in [-0.2, -0.15) is 0 Å². The highest BCUT2D eigenvalue weighted by molar-refractivity contribution is 5.70. The van der Waals surface area contributed by atoms with E-state index in [0.29, 0.717) is 38.0 Å². The number of aliphatic hydroxyl groups excluding tert-OH is 2. The minimum atomic E-state index is -1.51. The van der Waals surface area contributed by atoms with Gasteiger partial charge in [-0.05, 0) is 63.7 Å². The van der Waals surface area contributed by atoms with Gasteiger partial charge in [0.25, 0.3) is 0 Å². The number of rotatable bonds is 11. The molecule has 4 rings (SSSR count). The fraction of sp³-hybridized carbons (Fsp3) is 0.659. The van der Waals surface area contributed by atoms with Gasteiger partial charge >= 0.3 is 12.1 Å². The molecule has 52 heavy (non-hydrogen) atoms. The van der Waals surface area contributed by atoms with Gasteiger partial charge < -0.3 is 39.5 Å². The Morgan fingerprint density at radius 1 is 1.17 bits per heavy atom. The molecular weight excluding hydrogens is 664 g/mol. The second-order valence-electron chi connectivity index (χ2n) is 15.6. The Morgan fingerprint density at radius 2 is 1.90 bits per heavy atom. The molecule has 0 saturated carbocycles. The molecule has 11 heteroatoms. The molecule has 10 atom stereocenters. The van der Waals surface area contributed by atoms with Crippen molar-refractivity contribution in [3.05, 3.63) is 71.8 Å². The van der Waals surface area contributed by atoms with Crippen molar-refractivity contribution in [2.75, 3.05) is 26.2 Å². The number of allylic oxidation sites excluding steroid dienone is 2. The number of cyclic esters (lactones) is 1. The van der Waals surface area contributed by atoms with Crippen LogP contribution >= 0.6 is 0 Å². The van der Waals surface area contributed by atoms with Gasteiger partial charge in [-0.1, -0.05) is 75.4 Å². The van der Waals surface area contributed by atoms with E-state index < -0.39 is 47.7 Å². The van der Waals surface area contributed by atoms with E-state index >= 15 is 0 Å². The maximum absolute atomic E-state index is 13.5. The lowest BCUT2D eigenvalue weighted by molar-refractivity contribution is -0.151. The largest absolute Gasteiger partial charge is 0.457 e. The Balaban J connectivity index is 1.43. The SMILES string of the molecule is CCC(O)C(C)C1OC1CC(C)(O)C=CC=C(C)C1OC(=O)CC(O)CCC(C)(O)C(OC(=O)N2CCCN(Cc3ccccc3)CC2)C=CC1C. The fourth-order valence-corrected chi connectivity index (χ4v) is 7.14. The van der Waals surface area contributed by atoms with Crippen LogP contribution < -0.4 is 0 Å². The molecule has 3 aliphatic heterocycles. The number of epoxide rings is 1. The van der Waals surface area contributed by atoms with Crippen molar-refractivity contribution < 1.29 is 44.2 Å². The average Bonchev–Trinajstić information content (AvgIpc) is 3.89. The van der Waals surface area contributed by atoms with Gasteiger partial charge in [-0.25, -0.2) is 4.79 Å². The Morgan fingerprint density at radius 3 is 2.62 bits per heavy atom. The van der Waals surface area contributed by atoms with Crippen LogP contribution in [-0.2, 0) is 25.5 Å². The third-order valence-electron chi connectivity index (χ3n) is 10.7. The molecular formula is C41H62N2O9. The number of aliphatic hydroxyl groups is 4. The molecule has 10 unspecified atom stereocenters. The van der Waals surface area contributed by atoms with Crippen molar-refractivity contribution in [2.45, 2.75) is 134 Å². The second kappa shape index (κ2) is 18.8. The van der Waals surface area contributed by atoms with Crippen LogP contribution in [0.4, 0.5) is 4.79 Å². The lowest BCUT2D eigenvalue weighted by Crippen LogP contribution is -2.45. The van der Waals surface area contributed by atoms with Crippen molar-refractivity contribution in [2.24, 2.45) is 11.8 Å². The summed E-state index contributed by atoms with van der Waals surface area (Å²) in [6.07, 6.45) is 6.44. The fourth-order valence-electron chi connectivity index (χ4n) is 7.14. The number of hydrogen-bond donors (Lipinski definition) is 4. The molecule has 0 radical (unpaired) electrons. The molecule has 290 valence electrons. The summed E-state index contributed by atoms with van der Waals surface area (Å²) in [5.74, 6) is -0.968. The maximum Gasteiger partial charge on any atom is 0.410 e. The van der Waals surface area contributed by atoms with Gasteiger partial charge in [-0.15, -0.1) is 0 Å². The van der Waals surface area contributed by atoms with Crippen LogP contribution in [0.25, 0.3) is 0 Å².